The molecule has 1 aliphatic heterocycles. The van der Waals surface area contributed by atoms with Crippen molar-refractivity contribution in [2.75, 3.05) is 26.3 Å². The molecule has 2 heterocycles. The zero-order valence-corrected chi connectivity index (χ0v) is 10.4. The van der Waals surface area contributed by atoms with Gasteiger partial charge in [-0.1, -0.05) is 18.2 Å². The Balaban J connectivity index is 1.98. The fourth-order valence-corrected chi connectivity index (χ4v) is 2.42. The Labute approximate surface area is 106 Å². The van der Waals surface area contributed by atoms with E-state index in [1.165, 1.54) is 0 Å². The Morgan fingerprint density at radius 3 is 2.67 bits per heavy atom. The van der Waals surface area contributed by atoms with Gasteiger partial charge in [-0.25, -0.2) is 0 Å². The maximum absolute atomic E-state index is 12.4. The number of nitrogens with zero attached hydrogens (tertiary/aromatic N) is 2. The van der Waals surface area contributed by atoms with Crippen molar-refractivity contribution < 1.29 is 9.53 Å². The zero-order valence-electron chi connectivity index (χ0n) is 10.4. The van der Waals surface area contributed by atoms with Gasteiger partial charge < -0.3 is 14.2 Å². The molecule has 1 aliphatic rings. The summed E-state index contributed by atoms with van der Waals surface area (Å²) < 4.78 is 7.24. The average Bonchev–Trinajstić information content (AvgIpc) is 2.77. The Morgan fingerprint density at radius 1 is 1.22 bits per heavy atom. The summed E-state index contributed by atoms with van der Waals surface area (Å²) in [5.41, 5.74) is 1.84. The van der Waals surface area contributed by atoms with Crippen LogP contribution in [0.2, 0.25) is 0 Å². The van der Waals surface area contributed by atoms with Crippen LogP contribution in [0, 0.1) is 0 Å². The highest BCUT2D eigenvalue weighted by molar-refractivity contribution is 5.98. The highest BCUT2D eigenvalue weighted by Gasteiger charge is 2.21. The predicted molar refractivity (Wildman–Crippen MR) is 69.6 cm³/mol. The molecule has 0 N–H and O–H groups in total. The first-order chi connectivity index (χ1) is 8.77. The van der Waals surface area contributed by atoms with Gasteiger partial charge in [0, 0.05) is 31.0 Å². The van der Waals surface area contributed by atoms with Gasteiger partial charge in [0.05, 0.1) is 13.2 Å². The van der Waals surface area contributed by atoms with Crippen molar-refractivity contribution >= 4 is 16.8 Å². The average molecular weight is 244 g/mol. The normalized spacial score (nSPS) is 16.2. The summed E-state index contributed by atoms with van der Waals surface area (Å²) in [6, 6.07) is 10.0. The van der Waals surface area contributed by atoms with Gasteiger partial charge in [0.15, 0.2) is 0 Å². The fourth-order valence-electron chi connectivity index (χ4n) is 2.42. The maximum Gasteiger partial charge on any atom is 0.270 e. The molecule has 0 radical (unpaired) electrons. The number of para-hydroxylation sites is 1. The number of rotatable bonds is 1. The van der Waals surface area contributed by atoms with Gasteiger partial charge in [-0.15, -0.1) is 0 Å². The number of ether oxygens (including phenoxy) is 1. The molecule has 0 saturated carbocycles. The van der Waals surface area contributed by atoms with Crippen molar-refractivity contribution in [1.82, 2.24) is 9.47 Å². The van der Waals surface area contributed by atoms with Gasteiger partial charge in [0.2, 0.25) is 0 Å². The summed E-state index contributed by atoms with van der Waals surface area (Å²) in [4.78, 5) is 14.3. The Bertz CT molecular complexity index is 582. The molecule has 1 saturated heterocycles. The van der Waals surface area contributed by atoms with E-state index in [1.54, 1.807) is 0 Å². The van der Waals surface area contributed by atoms with Crippen LogP contribution >= 0.6 is 0 Å². The van der Waals surface area contributed by atoms with Crippen LogP contribution in [-0.2, 0) is 11.8 Å². The smallest absolute Gasteiger partial charge is 0.270 e. The lowest BCUT2D eigenvalue weighted by molar-refractivity contribution is 0.0297. The van der Waals surface area contributed by atoms with Crippen LogP contribution in [0.4, 0.5) is 0 Å². The van der Waals surface area contributed by atoms with E-state index in [0.717, 1.165) is 16.6 Å². The summed E-state index contributed by atoms with van der Waals surface area (Å²) in [6.07, 6.45) is 0. The van der Waals surface area contributed by atoms with Crippen molar-refractivity contribution in [3.8, 4) is 0 Å². The number of benzene rings is 1. The Hall–Kier alpha value is -1.81. The molecule has 1 amide bonds. The number of amides is 1. The van der Waals surface area contributed by atoms with Crippen LogP contribution in [0.5, 0.6) is 0 Å². The van der Waals surface area contributed by atoms with E-state index in [1.807, 2.05) is 46.8 Å². The molecule has 0 spiro atoms. The van der Waals surface area contributed by atoms with Gasteiger partial charge in [-0.2, -0.15) is 0 Å². The molecular formula is C14H16N2O2. The number of aryl methyl sites for hydroxylation is 1. The van der Waals surface area contributed by atoms with Gasteiger partial charge in [0.1, 0.15) is 5.69 Å². The number of hydrogen-bond donors (Lipinski definition) is 0. The van der Waals surface area contributed by atoms with Gasteiger partial charge in [-0.3, -0.25) is 4.79 Å². The molecule has 94 valence electrons. The topological polar surface area (TPSA) is 34.5 Å². The van der Waals surface area contributed by atoms with E-state index in [4.69, 9.17) is 4.74 Å². The SMILES string of the molecule is Cn1c(C(=O)N2CCOCC2)cc2ccccc21. The van der Waals surface area contributed by atoms with E-state index < -0.39 is 0 Å². The molecule has 4 heteroatoms. The summed E-state index contributed by atoms with van der Waals surface area (Å²) >= 11 is 0. The third-order valence-electron chi connectivity index (χ3n) is 3.47. The largest absolute Gasteiger partial charge is 0.378 e. The molecule has 4 nitrogen and oxygen atoms in total. The van der Waals surface area contributed by atoms with Crippen molar-refractivity contribution in [1.29, 1.82) is 0 Å². The highest BCUT2D eigenvalue weighted by atomic mass is 16.5. The van der Waals surface area contributed by atoms with Crippen LogP contribution in [-0.4, -0.2) is 41.7 Å². The van der Waals surface area contributed by atoms with Gasteiger partial charge >= 0.3 is 0 Å². The highest BCUT2D eigenvalue weighted by Crippen LogP contribution is 2.19. The molecule has 1 fully saturated rings. The number of carbonyl (C=O) groups excluding carboxylic acids is 1. The van der Waals surface area contributed by atoms with Gasteiger partial charge in [-0.05, 0) is 12.1 Å². The van der Waals surface area contributed by atoms with Crippen LogP contribution in [0.1, 0.15) is 10.5 Å². The maximum atomic E-state index is 12.4. The van der Waals surface area contributed by atoms with Crippen LogP contribution in [0.15, 0.2) is 30.3 Å². The molecule has 2 aromatic rings. The number of hydrogen-bond acceptors (Lipinski definition) is 2. The van der Waals surface area contributed by atoms with E-state index >= 15 is 0 Å². The molecular weight excluding hydrogens is 228 g/mol. The third-order valence-corrected chi connectivity index (χ3v) is 3.47. The lowest BCUT2D eigenvalue weighted by Crippen LogP contribution is -2.41. The molecule has 1 aromatic carbocycles. The molecule has 0 unspecified atom stereocenters. The van der Waals surface area contributed by atoms with Crippen LogP contribution in [0.25, 0.3) is 10.9 Å². The monoisotopic (exact) mass is 244 g/mol. The summed E-state index contributed by atoms with van der Waals surface area (Å²) in [6.45, 7) is 2.63. The molecule has 18 heavy (non-hydrogen) atoms. The summed E-state index contributed by atoms with van der Waals surface area (Å²) in [5.74, 6) is 0.0944. The van der Waals surface area contributed by atoms with E-state index in [0.29, 0.717) is 26.3 Å². The second kappa shape index (κ2) is 4.46. The van der Waals surface area contributed by atoms with Crippen molar-refractivity contribution in [3.63, 3.8) is 0 Å². The predicted octanol–water partition coefficient (Wildman–Crippen LogP) is 1.65. The fraction of sp³-hybridized carbons (Fsp3) is 0.357. The summed E-state index contributed by atoms with van der Waals surface area (Å²) in [5, 5.41) is 1.11. The first-order valence-corrected chi connectivity index (χ1v) is 6.19. The number of fused-ring (bicyclic) bond motifs is 1. The molecule has 0 bridgehead atoms. The first-order valence-electron chi connectivity index (χ1n) is 6.19. The van der Waals surface area contributed by atoms with Crippen LogP contribution < -0.4 is 0 Å². The van der Waals surface area contributed by atoms with Crippen molar-refractivity contribution in [3.05, 3.63) is 36.0 Å². The minimum absolute atomic E-state index is 0.0944. The minimum atomic E-state index is 0.0944. The van der Waals surface area contributed by atoms with E-state index in [9.17, 15) is 4.79 Å². The Morgan fingerprint density at radius 2 is 1.94 bits per heavy atom. The zero-order chi connectivity index (χ0) is 12.5. The van der Waals surface area contributed by atoms with Crippen LogP contribution in [0.3, 0.4) is 0 Å². The molecule has 0 atom stereocenters. The number of aromatic nitrogens is 1. The van der Waals surface area contributed by atoms with E-state index in [-0.39, 0.29) is 5.91 Å². The second-order valence-electron chi connectivity index (χ2n) is 4.55. The summed E-state index contributed by atoms with van der Waals surface area (Å²) in [7, 11) is 1.94. The minimum Gasteiger partial charge on any atom is -0.378 e. The molecule has 3 rings (SSSR count). The first kappa shape index (κ1) is 11.3. The number of morpholine rings is 1. The lowest BCUT2D eigenvalue weighted by atomic mass is 10.2. The standard InChI is InChI=1S/C14H16N2O2/c1-15-12-5-3-2-4-11(12)10-13(15)14(17)16-6-8-18-9-7-16/h2-5,10H,6-9H2,1H3. The lowest BCUT2D eigenvalue weighted by Gasteiger charge is -2.26. The third kappa shape index (κ3) is 1.78. The second-order valence-corrected chi connectivity index (χ2v) is 4.55. The molecule has 1 aromatic heterocycles. The quantitative estimate of drug-likeness (QED) is 0.764. The van der Waals surface area contributed by atoms with Gasteiger partial charge in [0.25, 0.3) is 5.91 Å². The van der Waals surface area contributed by atoms with E-state index in [2.05, 4.69) is 0 Å². The van der Waals surface area contributed by atoms with Crippen molar-refractivity contribution in [2.45, 2.75) is 0 Å². The van der Waals surface area contributed by atoms with Crippen molar-refractivity contribution in [2.24, 2.45) is 7.05 Å². The number of carbonyl (C=O) groups is 1. The Kier molecular flexibility index (Phi) is 2.80. The molecule has 0 aliphatic carbocycles.